The zero-order valence-electron chi connectivity index (χ0n) is 14.8. The number of carbonyl (C=O) groups is 3. The second kappa shape index (κ2) is 6.87. The summed E-state index contributed by atoms with van der Waals surface area (Å²) in [6.07, 6.45) is 1.69. The second-order valence-electron chi connectivity index (χ2n) is 6.96. The van der Waals surface area contributed by atoms with Crippen LogP contribution in [0.15, 0.2) is 48.5 Å². The van der Waals surface area contributed by atoms with Crippen molar-refractivity contribution in [2.45, 2.75) is 31.8 Å². The molecule has 0 radical (unpaired) electrons. The van der Waals surface area contributed by atoms with Gasteiger partial charge in [0, 0.05) is 37.2 Å². The lowest BCUT2D eigenvalue weighted by Gasteiger charge is -2.34. The van der Waals surface area contributed by atoms with Gasteiger partial charge in [0.05, 0.1) is 0 Å². The SMILES string of the molecule is O=C(O)[C@H]1Cc2ccccc2CN1C(=O)c1ccc(N2CCCC2=O)cc1. The van der Waals surface area contributed by atoms with E-state index in [1.165, 1.54) is 4.90 Å². The first-order chi connectivity index (χ1) is 13.0. The minimum atomic E-state index is -1.00. The van der Waals surface area contributed by atoms with Crippen molar-refractivity contribution in [3.8, 4) is 0 Å². The highest BCUT2D eigenvalue weighted by molar-refractivity contribution is 5.99. The number of rotatable bonds is 3. The fraction of sp³-hybridized carbons (Fsp3) is 0.286. The molecule has 2 heterocycles. The van der Waals surface area contributed by atoms with Crippen molar-refractivity contribution in [2.75, 3.05) is 11.4 Å². The molecule has 0 spiro atoms. The van der Waals surface area contributed by atoms with E-state index in [-0.39, 0.29) is 18.4 Å². The molecule has 1 atom stereocenters. The molecule has 4 rings (SSSR count). The van der Waals surface area contributed by atoms with E-state index in [1.807, 2.05) is 24.3 Å². The summed E-state index contributed by atoms with van der Waals surface area (Å²) in [5, 5.41) is 9.61. The lowest BCUT2D eigenvalue weighted by molar-refractivity contribution is -0.142. The molecule has 0 unspecified atom stereocenters. The van der Waals surface area contributed by atoms with Crippen molar-refractivity contribution < 1.29 is 19.5 Å². The number of aliphatic carboxylic acids is 1. The molecule has 2 aliphatic rings. The van der Waals surface area contributed by atoms with Crippen LogP contribution < -0.4 is 4.90 Å². The number of benzene rings is 2. The van der Waals surface area contributed by atoms with E-state index in [1.54, 1.807) is 29.2 Å². The Morgan fingerprint density at radius 2 is 1.70 bits per heavy atom. The van der Waals surface area contributed by atoms with E-state index in [9.17, 15) is 19.5 Å². The number of hydrogen-bond donors (Lipinski definition) is 1. The molecule has 6 nitrogen and oxygen atoms in total. The predicted molar refractivity (Wildman–Crippen MR) is 99.5 cm³/mol. The first-order valence-electron chi connectivity index (χ1n) is 9.05. The molecule has 0 bridgehead atoms. The van der Waals surface area contributed by atoms with Gasteiger partial charge in [0.15, 0.2) is 0 Å². The molecule has 1 saturated heterocycles. The van der Waals surface area contributed by atoms with Crippen LogP contribution in [0.5, 0.6) is 0 Å². The van der Waals surface area contributed by atoms with Gasteiger partial charge in [0.1, 0.15) is 6.04 Å². The summed E-state index contributed by atoms with van der Waals surface area (Å²) in [5.41, 5.74) is 3.14. The maximum Gasteiger partial charge on any atom is 0.326 e. The molecule has 27 heavy (non-hydrogen) atoms. The Kier molecular flexibility index (Phi) is 4.39. The maximum atomic E-state index is 13.0. The van der Waals surface area contributed by atoms with Crippen molar-refractivity contribution in [1.82, 2.24) is 4.90 Å². The van der Waals surface area contributed by atoms with Crippen LogP contribution in [0.2, 0.25) is 0 Å². The molecule has 2 amide bonds. The third-order valence-electron chi connectivity index (χ3n) is 5.29. The molecule has 2 aromatic rings. The Balaban J connectivity index is 1.59. The predicted octanol–water partition coefficient (Wildman–Crippen LogP) is 2.47. The standard InChI is InChI=1S/C21H20N2O4/c24-19-6-3-11-22(19)17-9-7-14(8-10-17)20(25)23-13-16-5-2-1-4-15(16)12-18(23)21(26)27/h1-2,4-5,7-10,18H,3,6,11-13H2,(H,26,27)/t18-/m1/s1. The molecular formula is C21H20N2O4. The summed E-state index contributed by atoms with van der Waals surface area (Å²) in [6.45, 7) is 0.967. The number of nitrogens with zero attached hydrogens (tertiary/aromatic N) is 2. The Hall–Kier alpha value is -3.15. The van der Waals surface area contributed by atoms with E-state index >= 15 is 0 Å². The van der Waals surface area contributed by atoms with Gasteiger partial charge in [-0.25, -0.2) is 4.79 Å². The zero-order valence-corrected chi connectivity index (χ0v) is 14.8. The van der Waals surface area contributed by atoms with E-state index in [0.29, 0.717) is 24.9 Å². The third-order valence-corrected chi connectivity index (χ3v) is 5.29. The molecule has 2 aromatic carbocycles. The maximum absolute atomic E-state index is 13.0. The summed E-state index contributed by atoms with van der Waals surface area (Å²) in [7, 11) is 0. The van der Waals surface area contributed by atoms with E-state index in [0.717, 1.165) is 23.2 Å². The number of carboxylic acid groups (broad SMARTS) is 1. The molecule has 6 heteroatoms. The van der Waals surface area contributed by atoms with Crippen LogP contribution in [0.1, 0.15) is 34.3 Å². The molecular weight excluding hydrogens is 344 g/mol. The molecule has 0 aliphatic carbocycles. The highest BCUT2D eigenvalue weighted by Crippen LogP contribution is 2.27. The number of fused-ring (bicyclic) bond motifs is 1. The van der Waals surface area contributed by atoms with Crippen LogP contribution in [0, 0.1) is 0 Å². The van der Waals surface area contributed by atoms with Crippen molar-refractivity contribution in [3.05, 3.63) is 65.2 Å². The molecule has 0 aromatic heterocycles. The molecule has 1 fully saturated rings. The molecule has 0 saturated carbocycles. The first kappa shape index (κ1) is 17.3. The van der Waals surface area contributed by atoms with Gasteiger partial charge in [-0.1, -0.05) is 24.3 Å². The minimum absolute atomic E-state index is 0.0904. The second-order valence-corrected chi connectivity index (χ2v) is 6.96. The Morgan fingerprint density at radius 1 is 1.00 bits per heavy atom. The highest BCUT2D eigenvalue weighted by Gasteiger charge is 2.35. The van der Waals surface area contributed by atoms with Crippen molar-refractivity contribution in [1.29, 1.82) is 0 Å². The number of carboxylic acids is 1. The number of anilines is 1. The Morgan fingerprint density at radius 3 is 2.33 bits per heavy atom. The average Bonchev–Trinajstić information content (AvgIpc) is 3.12. The smallest absolute Gasteiger partial charge is 0.326 e. The monoisotopic (exact) mass is 364 g/mol. The highest BCUT2D eigenvalue weighted by atomic mass is 16.4. The van der Waals surface area contributed by atoms with Gasteiger partial charge in [0.2, 0.25) is 5.91 Å². The summed E-state index contributed by atoms with van der Waals surface area (Å²) in [6, 6.07) is 13.6. The van der Waals surface area contributed by atoms with Crippen molar-refractivity contribution in [2.24, 2.45) is 0 Å². The van der Waals surface area contributed by atoms with E-state index in [4.69, 9.17) is 0 Å². The van der Waals surface area contributed by atoms with Gasteiger partial charge in [-0.3, -0.25) is 9.59 Å². The number of hydrogen-bond acceptors (Lipinski definition) is 3. The largest absolute Gasteiger partial charge is 0.480 e. The third kappa shape index (κ3) is 3.18. The lowest BCUT2D eigenvalue weighted by atomic mass is 9.93. The average molecular weight is 364 g/mol. The first-order valence-corrected chi connectivity index (χ1v) is 9.05. The Labute approximate surface area is 157 Å². The van der Waals surface area contributed by atoms with Gasteiger partial charge in [-0.2, -0.15) is 0 Å². The van der Waals surface area contributed by atoms with Gasteiger partial charge in [0.25, 0.3) is 5.91 Å². The summed E-state index contributed by atoms with van der Waals surface area (Å²) in [4.78, 5) is 39.7. The summed E-state index contributed by atoms with van der Waals surface area (Å²) < 4.78 is 0. The number of amides is 2. The lowest BCUT2D eigenvalue weighted by Crippen LogP contribution is -2.48. The van der Waals surface area contributed by atoms with Crippen molar-refractivity contribution >= 4 is 23.5 Å². The van der Waals surface area contributed by atoms with Crippen LogP contribution in [-0.2, 0) is 22.6 Å². The van der Waals surface area contributed by atoms with Crippen LogP contribution >= 0.6 is 0 Å². The Bertz CT molecular complexity index is 907. The van der Waals surface area contributed by atoms with Gasteiger partial charge < -0.3 is 14.9 Å². The van der Waals surface area contributed by atoms with Crippen LogP contribution in [-0.4, -0.2) is 40.4 Å². The van der Waals surface area contributed by atoms with Gasteiger partial charge >= 0.3 is 5.97 Å². The van der Waals surface area contributed by atoms with Crippen LogP contribution in [0.25, 0.3) is 0 Å². The van der Waals surface area contributed by atoms with Gasteiger partial charge in [-0.15, -0.1) is 0 Å². The molecule has 138 valence electrons. The summed E-state index contributed by atoms with van der Waals surface area (Å²) in [5.74, 6) is -1.22. The molecule has 1 N–H and O–H groups in total. The van der Waals surface area contributed by atoms with E-state index < -0.39 is 12.0 Å². The summed E-state index contributed by atoms with van der Waals surface area (Å²) >= 11 is 0. The van der Waals surface area contributed by atoms with Gasteiger partial charge in [-0.05, 0) is 41.8 Å². The minimum Gasteiger partial charge on any atom is -0.480 e. The van der Waals surface area contributed by atoms with Crippen LogP contribution in [0.3, 0.4) is 0 Å². The zero-order chi connectivity index (χ0) is 19.0. The number of carbonyl (C=O) groups excluding carboxylic acids is 2. The van der Waals surface area contributed by atoms with Crippen LogP contribution in [0.4, 0.5) is 5.69 Å². The topological polar surface area (TPSA) is 77.9 Å². The fourth-order valence-electron chi connectivity index (χ4n) is 3.83. The van der Waals surface area contributed by atoms with E-state index in [2.05, 4.69) is 0 Å². The quantitative estimate of drug-likeness (QED) is 0.908. The van der Waals surface area contributed by atoms with Crippen molar-refractivity contribution in [3.63, 3.8) is 0 Å². The molecule has 2 aliphatic heterocycles. The fourth-order valence-corrected chi connectivity index (χ4v) is 3.83. The normalized spacial score (nSPS) is 19.1.